The summed E-state index contributed by atoms with van der Waals surface area (Å²) in [5.41, 5.74) is 5.35. The number of nitrogens with zero attached hydrogens (tertiary/aromatic N) is 5. The second kappa shape index (κ2) is 9.62. The number of benzene rings is 1. The average molecular weight is 425 g/mol. The highest BCUT2D eigenvalue weighted by atomic mass is 16.5. The number of aryl methyl sites for hydroxylation is 3. The van der Waals surface area contributed by atoms with Crippen molar-refractivity contribution in [3.8, 4) is 5.88 Å². The van der Waals surface area contributed by atoms with E-state index < -0.39 is 0 Å². The molecule has 31 heavy (non-hydrogen) atoms. The maximum Gasteiger partial charge on any atom is 0.235 e. The Kier molecular flexibility index (Phi) is 6.67. The summed E-state index contributed by atoms with van der Waals surface area (Å²) in [4.78, 5) is 16.1. The number of ether oxygens (including phenoxy) is 1. The average Bonchev–Trinajstić information content (AvgIpc) is 3.12. The van der Waals surface area contributed by atoms with Crippen molar-refractivity contribution in [3.63, 3.8) is 0 Å². The minimum Gasteiger partial charge on any atom is -0.492 e. The van der Waals surface area contributed by atoms with Crippen LogP contribution in [-0.2, 0) is 17.7 Å². The second-order valence-corrected chi connectivity index (χ2v) is 8.10. The maximum absolute atomic E-state index is 10.4. The standard InChI is InChI=1S/C23H32N6O2/c1-4-18-6-7-19-21(14-18)29(15-20-22(30)26-17(3)16(2)25-20)23(27-19)24-8-5-9-28-10-12-31-13-11-28/h6-7,14H,4-5,8-13,15H2,1-3H3,(H,24,27)(H,26,30). The van der Waals surface area contributed by atoms with Crippen molar-refractivity contribution in [3.05, 3.63) is 40.8 Å². The van der Waals surface area contributed by atoms with Crippen LogP contribution in [0, 0.1) is 13.8 Å². The molecule has 1 fully saturated rings. The van der Waals surface area contributed by atoms with Crippen LogP contribution in [0.4, 0.5) is 5.95 Å². The Bertz CT molecular complexity index is 1040. The quantitative estimate of drug-likeness (QED) is 0.538. The molecule has 2 N–H and O–H groups in total. The summed E-state index contributed by atoms with van der Waals surface area (Å²) in [5, 5.41) is 13.9. The molecule has 3 heterocycles. The van der Waals surface area contributed by atoms with Crippen molar-refractivity contribution in [2.45, 2.75) is 40.2 Å². The minimum atomic E-state index is -0.0186. The molecular formula is C23H32N6O2. The Hall–Kier alpha value is -2.71. The van der Waals surface area contributed by atoms with Gasteiger partial charge in [0.2, 0.25) is 11.8 Å². The lowest BCUT2D eigenvalue weighted by Crippen LogP contribution is -2.37. The maximum atomic E-state index is 10.4. The summed E-state index contributed by atoms with van der Waals surface area (Å²) >= 11 is 0. The van der Waals surface area contributed by atoms with Gasteiger partial charge in [-0.25, -0.2) is 15.0 Å². The van der Waals surface area contributed by atoms with Crippen LogP contribution in [0.3, 0.4) is 0 Å². The second-order valence-electron chi connectivity index (χ2n) is 8.10. The van der Waals surface area contributed by atoms with Gasteiger partial charge in [0, 0.05) is 19.6 Å². The van der Waals surface area contributed by atoms with Crippen molar-refractivity contribution >= 4 is 17.0 Å². The van der Waals surface area contributed by atoms with E-state index >= 15 is 0 Å². The number of hydrogen-bond donors (Lipinski definition) is 2. The van der Waals surface area contributed by atoms with Gasteiger partial charge in [-0.3, -0.25) is 4.90 Å². The zero-order valence-corrected chi connectivity index (χ0v) is 18.7. The molecule has 0 unspecified atom stereocenters. The summed E-state index contributed by atoms with van der Waals surface area (Å²) in [7, 11) is 0. The molecule has 0 radical (unpaired) electrons. The Labute approximate surface area is 183 Å². The van der Waals surface area contributed by atoms with Crippen LogP contribution in [0.15, 0.2) is 18.2 Å². The molecule has 2 aromatic heterocycles. The number of imidazole rings is 1. The summed E-state index contributed by atoms with van der Waals surface area (Å²) < 4.78 is 7.52. The molecule has 166 valence electrons. The van der Waals surface area contributed by atoms with Crippen LogP contribution in [0.5, 0.6) is 5.88 Å². The summed E-state index contributed by atoms with van der Waals surface area (Å²) in [6.07, 6.45) is 1.98. The molecule has 1 aliphatic rings. The minimum absolute atomic E-state index is 0.0186. The molecule has 1 saturated heterocycles. The van der Waals surface area contributed by atoms with Crippen molar-refractivity contribution in [1.82, 2.24) is 24.4 Å². The fraction of sp³-hybridized carbons (Fsp3) is 0.522. The predicted octanol–water partition coefficient (Wildman–Crippen LogP) is 2.89. The van der Waals surface area contributed by atoms with Gasteiger partial charge < -0.3 is 19.7 Å². The number of aromatic hydroxyl groups is 1. The number of hydrogen-bond acceptors (Lipinski definition) is 7. The monoisotopic (exact) mass is 424 g/mol. The fourth-order valence-corrected chi connectivity index (χ4v) is 3.90. The van der Waals surface area contributed by atoms with E-state index in [9.17, 15) is 5.11 Å². The zero-order chi connectivity index (χ0) is 21.8. The van der Waals surface area contributed by atoms with Crippen LogP contribution in [0.25, 0.3) is 11.0 Å². The summed E-state index contributed by atoms with van der Waals surface area (Å²) in [6.45, 7) is 11.8. The van der Waals surface area contributed by atoms with Gasteiger partial charge >= 0.3 is 0 Å². The molecule has 4 rings (SSSR count). The van der Waals surface area contributed by atoms with Gasteiger partial charge in [0.25, 0.3) is 0 Å². The van der Waals surface area contributed by atoms with E-state index in [-0.39, 0.29) is 5.88 Å². The third-order valence-electron chi connectivity index (χ3n) is 5.92. The smallest absolute Gasteiger partial charge is 0.235 e. The van der Waals surface area contributed by atoms with E-state index in [0.29, 0.717) is 12.2 Å². The molecule has 3 aromatic rings. The lowest BCUT2D eigenvalue weighted by molar-refractivity contribution is 0.0378. The number of aromatic nitrogens is 4. The first kappa shape index (κ1) is 21.5. The Morgan fingerprint density at radius 3 is 2.65 bits per heavy atom. The van der Waals surface area contributed by atoms with Crippen LogP contribution in [0.2, 0.25) is 0 Å². The van der Waals surface area contributed by atoms with E-state index in [1.807, 2.05) is 13.8 Å². The first-order valence-corrected chi connectivity index (χ1v) is 11.1. The third-order valence-corrected chi connectivity index (χ3v) is 5.92. The molecule has 0 amide bonds. The van der Waals surface area contributed by atoms with Crippen molar-refractivity contribution < 1.29 is 9.84 Å². The van der Waals surface area contributed by atoms with Gasteiger partial charge in [0.1, 0.15) is 5.69 Å². The number of anilines is 1. The normalized spacial score (nSPS) is 14.9. The Balaban J connectivity index is 1.56. The largest absolute Gasteiger partial charge is 0.492 e. The Morgan fingerprint density at radius 2 is 1.87 bits per heavy atom. The molecule has 0 bridgehead atoms. The highest BCUT2D eigenvalue weighted by Gasteiger charge is 2.16. The first-order valence-electron chi connectivity index (χ1n) is 11.1. The molecular weight excluding hydrogens is 392 g/mol. The molecule has 8 heteroatoms. The lowest BCUT2D eigenvalue weighted by Gasteiger charge is -2.26. The third kappa shape index (κ3) is 4.97. The molecule has 0 saturated carbocycles. The van der Waals surface area contributed by atoms with Gasteiger partial charge in [-0.1, -0.05) is 13.0 Å². The van der Waals surface area contributed by atoms with Crippen molar-refractivity contribution in [2.24, 2.45) is 0 Å². The molecule has 0 spiro atoms. The number of morpholine rings is 1. The van der Waals surface area contributed by atoms with E-state index in [1.165, 1.54) is 5.56 Å². The predicted molar refractivity (Wildman–Crippen MR) is 122 cm³/mol. The molecule has 1 aromatic carbocycles. The first-order chi connectivity index (χ1) is 15.0. The molecule has 1 aliphatic heterocycles. The van der Waals surface area contributed by atoms with Crippen molar-refractivity contribution in [2.75, 3.05) is 44.7 Å². The van der Waals surface area contributed by atoms with E-state index in [4.69, 9.17) is 9.72 Å². The topological polar surface area (TPSA) is 88.3 Å². The van der Waals surface area contributed by atoms with Gasteiger partial charge in [-0.15, -0.1) is 0 Å². The number of rotatable bonds is 8. The van der Waals surface area contributed by atoms with E-state index in [0.717, 1.165) is 80.6 Å². The van der Waals surface area contributed by atoms with Crippen molar-refractivity contribution in [1.29, 1.82) is 0 Å². The Morgan fingerprint density at radius 1 is 1.10 bits per heavy atom. The molecule has 8 nitrogen and oxygen atoms in total. The van der Waals surface area contributed by atoms with Gasteiger partial charge in [0.15, 0.2) is 0 Å². The van der Waals surface area contributed by atoms with Crippen LogP contribution in [0.1, 0.15) is 36.0 Å². The highest BCUT2D eigenvalue weighted by molar-refractivity contribution is 5.79. The van der Waals surface area contributed by atoms with Gasteiger partial charge in [-0.05, 0) is 50.9 Å². The fourth-order valence-electron chi connectivity index (χ4n) is 3.90. The number of fused-ring (bicyclic) bond motifs is 1. The van der Waals surface area contributed by atoms with Crippen LogP contribution >= 0.6 is 0 Å². The van der Waals surface area contributed by atoms with E-state index in [1.54, 1.807) is 0 Å². The lowest BCUT2D eigenvalue weighted by atomic mass is 10.1. The highest BCUT2D eigenvalue weighted by Crippen LogP contribution is 2.25. The summed E-state index contributed by atoms with van der Waals surface area (Å²) in [6, 6.07) is 6.36. The molecule has 0 aliphatic carbocycles. The van der Waals surface area contributed by atoms with Crippen LogP contribution < -0.4 is 5.32 Å². The van der Waals surface area contributed by atoms with Gasteiger partial charge in [0.05, 0.1) is 42.2 Å². The van der Waals surface area contributed by atoms with Gasteiger partial charge in [-0.2, -0.15) is 0 Å². The zero-order valence-electron chi connectivity index (χ0n) is 18.7. The molecule has 0 atom stereocenters. The van der Waals surface area contributed by atoms with E-state index in [2.05, 4.69) is 49.9 Å². The number of nitrogens with one attached hydrogen (secondary N) is 1. The van der Waals surface area contributed by atoms with Crippen LogP contribution in [-0.4, -0.2) is 68.9 Å². The summed E-state index contributed by atoms with van der Waals surface area (Å²) in [5.74, 6) is 0.777. The SMILES string of the molecule is CCc1ccc2nc(NCCCN3CCOCC3)n(Cc3nc(C)c(C)nc3O)c2c1.